The quantitative estimate of drug-likeness (QED) is 0.825. The average molecular weight is 244 g/mol. The van der Waals surface area contributed by atoms with Gasteiger partial charge in [0.05, 0.1) is 12.1 Å². The Kier molecular flexibility index (Phi) is 3.00. The van der Waals surface area contributed by atoms with E-state index in [1.54, 1.807) is 0 Å². The summed E-state index contributed by atoms with van der Waals surface area (Å²) in [6.07, 6.45) is 2.28. The van der Waals surface area contributed by atoms with Crippen LogP contribution in [0, 0.1) is 0 Å². The van der Waals surface area contributed by atoms with E-state index in [0.717, 1.165) is 38.4 Å². The van der Waals surface area contributed by atoms with Gasteiger partial charge in [-0.15, -0.1) is 0 Å². The maximum absolute atomic E-state index is 5.92. The van der Waals surface area contributed by atoms with Crippen LogP contribution in [-0.4, -0.2) is 36.7 Å². The molecule has 0 N–H and O–H groups in total. The van der Waals surface area contributed by atoms with Crippen LogP contribution in [0.2, 0.25) is 0 Å². The molecular weight excluding hydrogens is 224 g/mol. The van der Waals surface area contributed by atoms with E-state index in [-0.39, 0.29) is 0 Å². The van der Waals surface area contributed by atoms with E-state index in [1.165, 1.54) is 16.5 Å². The summed E-state index contributed by atoms with van der Waals surface area (Å²) in [5, 5.41) is 1.37. The summed E-state index contributed by atoms with van der Waals surface area (Å²) in [7, 11) is 4.22. The molecule has 0 amide bonds. The molecule has 1 aromatic heterocycles. The Morgan fingerprint density at radius 3 is 2.94 bits per heavy atom. The molecule has 0 unspecified atom stereocenters. The van der Waals surface area contributed by atoms with Gasteiger partial charge in [0.25, 0.3) is 0 Å². The molecule has 2 heterocycles. The summed E-state index contributed by atoms with van der Waals surface area (Å²) in [6, 6.07) is 8.65. The topological polar surface area (TPSA) is 17.4 Å². The highest BCUT2D eigenvalue weighted by atomic mass is 16.5. The minimum absolute atomic E-state index is 0.852. The highest BCUT2D eigenvalue weighted by Gasteiger charge is 2.20. The van der Waals surface area contributed by atoms with Crippen LogP contribution in [0.1, 0.15) is 12.0 Å². The van der Waals surface area contributed by atoms with Gasteiger partial charge in [0.15, 0.2) is 5.88 Å². The molecule has 0 atom stereocenters. The van der Waals surface area contributed by atoms with Gasteiger partial charge in [-0.3, -0.25) is 0 Å². The van der Waals surface area contributed by atoms with Gasteiger partial charge >= 0.3 is 0 Å². The fraction of sp³-hybridized carbons (Fsp3) is 0.467. The molecule has 1 aliphatic heterocycles. The fourth-order valence-electron chi connectivity index (χ4n) is 2.70. The zero-order chi connectivity index (χ0) is 12.5. The SMILES string of the molecule is CN(C)CCn1c2c(c3ccccc31)CCCO2. The summed E-state index contributed by atoms with van der Waals surface area (Å²) < 4.78 is 8.25. The summed E-state index contributed by atoms with van der Waals surface area (Å²) in [5.74, 6) is 1.10. The van der Waals surface area contributed by atoms with Crippen LogP contribution in [0.25, 0.3) is 10.9 Å². The predicted octanol–water partition coefficient (Wildman–Crippen LogP) is 2.53. The Bertz CT molecular complexity index is 557. The predicted molar refractivity (Wildman–Crippen MR) is 74.3 cm³/mol. The summed E-state index contributed by atoms with van der Waals surface area (Å²) in [5.41, 5.74) is 2.71. The Morgan fingerprint density at radius 2 is 2.11 bits per heavy atom. The average Bonchev–Trinajstić information content (AvgIpc) is 2.71. The van der Waals surface area contributed by atoms with Gasteiger partial charge in [-0.05, 0) is 33.0 Å². The third kappa shape index (κ3) is 1.89. The minimum Gasteiger partial charge on any atom is -0.479 e. The van der Waals surface area contributed by atoms with Gasteiger partial charge in [-0.2, -0.15) is 0 Å². The first-order valence-corrected chi connectivity index (χ1v) is 6.65. The van der Waals surface area contributed by atoms with Crippen molar-refractivity contribution in [1.82, 2.24) is 9.47 Å². The fourth-order valence-corrected chi connectivity index (χ4v) is 2.70. The first kappa shape index (κ1) is 11.6. The van der Waals surface area contributed by atoms with E-state index in [9.17, 15) is 0 Å². The summed E-state index contributed by atoms with van der Waals surface area (Å²) in [6.45, 7) is 2.88. The normalized spacial score (nSPS) is 14.8. The molecule has 0 saturated carbocycles. The molecule has 2 aromatic rings. The van der Waals surface area contributed by atoms with Crippen molar-refractivity contribution in [3.63, 3.8) is 0 Å². The molecule has 3 nitrogen and oxygen atoms in total. The van der Waals surface area contributed by atoms with Crippen LogP contribution < -0.4 is 4.74 Å². The lowest BCUT2D eigenvalue weighted by Crippen LogP contribution is -2.20. The summed E-state index contributed by atoms with van der Waals surface area (Å²) >= 11 is 0. The number of fused-ring (bicyclic) bond motifs is 3. The number of ether oxygens (including phenoxy) is 1. The van der Waals surface area contributed by atoms with Gasteiger partial charge in [0.1, 0.15) is 0 Å². The molecule has 0 fully saturated rings. The van der Waals surface area contributed by atoms with Crippen molar-refractivity contribution < 1.29 is 4.74 Å². The van der Waals surface area contributed by atoms with Crippen molar-refractivity contribution in [3.8, 4) is 5.88 Å². The third-order valence-corrected chi connectivity index (χ3v) is 3.60. The van der Waals surface area contributed by atoms with Crippen LogP contribution in [0.3, 0.4) is 0 Å². The maximum atomic E-state index is 5.92. The molecule has 1 aromatic carbocycles. The zero-order valence-corrected chi connectivity index (χ0v) is 11.1. The van der Waals surface area contributed by atoms with Gasteiger partial charge in [-0.1, -0.05) is 18.2 Å². The Balaban J connectivity index is 2.10. The van der Waals surface area contributed by atoms with E-state index < -0.39 is 0 Å². The standard InChI is InChI=1S/C15H20N2O/c1-16(2)9-10-17-14-8-4-3-6-12(14)13-7-5-11-18-15(13)17/h3-4,6,8H,5,7,9-11H2,1-2H3. The van der Waals surface area contributed by atoms with E-state index in [0.29, 0.717) is 0 Å². The molecule has 0 spiro atoms. The molecular formula is C15H20N2O. The second kappa shape index (κ2) is 4.65. The smallest absolute Gasteiger partial charge is 0.197 e. The van der Waals surface area contributed by atoms with Crippen molar-refractivity contribution >= 4 is 10.9 Å². The number of aromatic nitrogens is 1. The molecule has 0 saturated heterocycles. The Morgan fingerprint density at radius 1 is 1.28 bits per heavy atom. The molecule has 1 aliphatic rings. The van der Waals surface area contributed by atoms with Crippen LogP contribution in [-0.2, 0) is 13.0 Å². The van der Waals surface area contributed by atoms with Gasteiger partial charge in [-0.25, -0.2) is 0 Å². The Hall–Kier alpha value is -1.48. The van der Waals surface area contributed by atoms with Crippen molar-refractivity contribution in [3.05, 3.63) is 29.8 Å². The third-order valence-electron chi connectivity index (χ3n) is 3.60. The highest BCUT2D eigenvalue weighted by molar-refractivity contribution is 5.87. The number of likely N-dealkylation sites (N-methyl/N-ethyl adjacent to an activating group) is 1. The van der Waals surface area contributed by atoms with Crippen LogP contribution in [0.4, 0.5) is 0 Å². The van der Waals surface area contributed by atoms with E-state index >= 15 is 0 Å². The molecule has 0 bridgehead atoms. The van der Waals surface area contributed by atoms with Crippen LogP contribution in [0.15, 0.2) is 24.3 Å². The molecule has 96 valence electrons. The van der Waals surface area contributed by atoms with Gasteiger partial charge in [0.2, 0.25) is 0 Å². The number of hydrogen-bond donors (Lipinski definition) is 0. The second-order valence-electron chi connectivity index (χ2n) is 5.21. The molecule has 0 aliphatic carbocycles. The van der Waals surface area contributed by atoms with Crippen molar-refractivity contribution in [2.75, 3.05) is 27.2 Å². The number of para-hydroxylation sites is 1. The lowest BCUT2D eigenvalue weighted by molar-refractivity contribution is 0.260. The van der Waals surface area contributed by atoms with E-state index in [4.69, 9.17) is 4.74 Å². The monoisotopic (exact) mass is 244 g/mol. The number of hydrogen-bond acceptors (Lipinski definition) is 2. The number of nitrogens with zero attached hydrogens (tertiary/aromatic N) is 2. The highest BCUT2D eigenvalue weighted by Crippen LogP contribution is 2.35. The second-order valence-corrected chi connectivity index (χ2v) is 5.21. The first-order chi connectivity index (χ1) is 8.77. The number of benzene rings is 1. The Labute approximate surface area is 108 Å². The lowest BCUT2D eigenvalue weighted by Gasteiger charge is -2.18. The van der Waals surface area contributed by atoms with Gasteiger partial charge in [0, 0.05) is 24.0 Å². The van der Waals surface area contributed by atoms with Crippen molar-refractivity contribution in [2.45, 2.75) is 19.4 Å². The minimum atomic E-state index is 0.852. The number of rotatable bonds is 3. The summed E-state index contributed by atoms with van der Waals surface area (Å²) in [4.78, 5) is 2.21. The molecule has 0 radical (unpaired) electrons. The van der Waals surface area contributed by atoms with E-state index in [1.807, 2.05) is 0 Å². The molecule has 18 heavy (non-hydrogen) atoms. The van der Waals surface area contributed by atoms with Crippen LogP contribution >= 0.6 is 0 Å². The van der Waals surface area contributed by atoms with Gasteiger partial charge < -0.3 is 14.2 Å². The molecule has 3 heteroatoms. The van der Waals surface area contributed by atoms with Crippen LogP contribution in [0.5, 0.6) is 5.88 Å². The first-order valence-electron chi connectivity index (χ1n) is 6.65. The molecule has 3 rings (SSSR count). The maximum Gasteiger partial charge on any atom is 0.197 e. The van der Waals surface area contributed by atoms with E-state index in [2.05, 4.69) is 47.8 Å². The largest absolute Gasteiger partial charge is 0.479 e. The lowest BCUT2D eigenvalue weighted by atomic mass is 10.1. The number of aryl methyl sites for hydroxylation is 1. The van der Waals surface area contributed by atoms with Crippen molar-refractivity contribution in [2.24, 2.45) is 0 Å². The zero-order valence-electron chi connectivity index (χ0n) is 11.1. The van der Waals surface area contributed by atoms with Crippen molar-refractivity contribution in [1.29, 1.82) is 0 Å².